The molecule has 3 aromatic carbocycles. The Balaban J connectivity index is 2.05. The normalized spacial score (nSPS) is 12.0. The molecule has 0 aliphatic heterocycles. The van der Waals surface area contributed by atoms with Crippen LogP contribution in [0.3, 0.4) is 0 Å². The molecule has 202 valence electrons. The van der Waals surface area contributed by atoms with Crippen molar-refractivity contribution >= 4 is 62.3 Å². The maximum atomic E-state index is 13.8. The molecule has 0 heterocycles. The van der Waals surface area contributed by atoms with Crippen molar-refractivity contribution in [2.45, 2.75) is 37.8 Å². The molecule has 0 aliphatic carbocycles. The molecule has 11 heteroatoms. The molecular formula is C27H28Cl3N3O4S. The largest absolute Gasteiger partial charge is 0.354 e. The Kier molecular flexibility index (Phi) is 10.4. The zero-order valence-electron chi connectivity index (χ0n) is 20.9. The van der Waals surface area contributed by atoms with E-state index in [1.807, 2.05) is 6.92 Å². The summed E-state index contributed by atoms with van der Waals surface area (Å²) >= 11 is 18.7. The second kappa shape index (κ2) is 13.3. The quantitative estimate of drug-likeness (QED) is 0.304. The number of nitrogens with one attached hydrogen (secondary N) is 1. The van der Waals surface area contributed by atoms with Gasteiger partial charge in [0.2, 0.25) is 11.8 Å². The van der Waals surface area contributed by atoms with Crippen molar-refractivity contribution in [2.24, 2.45) is 0 Å². The van der Waals surface area contributed by atoms with Crippen molar-refractivity contribution in [1.82, 2.24) is 10.2 Å². The highest BCUT2D eigenvalue weighted by molar-refractivity contribution is 7.92. The summed E-state index contributed by atoms with van der Waals surface area (Å²) in [5.74, 6) is -0.977. The van der Waals surface area contributed by atoms with E-state index in [0.717, 1.165) is 10.7 Å². The van der Waals surface area contributed by atoms with E-state index in [9.17, 15) is 18.0 Å². The van der Waals surface area contributed by atoms with Gasteiger partial charge in [-0.15, -0.1) is 0 Å². The predicted octanol–water partition coefficient (Wildman–Crippen LogP) is 5.79. The van der Waals surface area contributed by atoms with Crippen molar-refractivity contribution in [3.05, 3.63) is 93.4 Å². The van der Waals surface area contributed by atoms with Crippen LogP contribution in [0.25, 0.3) is 0 Å². The minimum Gasteiger partial charge on any atom is -0.354 e. The summed E-state index contributed by atoms with van der Waals surface area (Å²) in [6.07, 6.45) is 0.718. The van der Waals surface area contributed by atoms with Gasteiger partial charge in [-0.2, -0.15) is 0 Å². The Labute approximate surface area is 238 Å². The van der Waals surface area contributed by atoms with Crippen LogP contribution in [0.1, 0.15) is 25.8 Å². The van der Waals surface area contributed by atoms with Gasteiger partial charge in [-0.1, -0.05) is 78.1 Å². The molecule has 0 saturated heterocycles. The molecule has 0 aliphatic rings. The lowest BCUT2D eigenvalue weighted by molar-refractivity contribution is -0.139. The lowest BCUT2D eigenvalue weighted by Crippen LogP contribution is -2.51. The van der Waals surface area contributed by atoms with E-state index in [4.69, 9.17) is 34.8 Å². The van der Waals surface area contributed by atoms with E-state index in [2.05, 4.69) is 5.32 Å². The Morgan fingerprint density at radius 2 is 1.53 bits per heavy atom. The monoisotopic (exact) mass is 595 g/mol. The number of nitrogens with zero attached hydrogens (tertiary/aromatic N) is 2. The summed E-state index contributed by atoms with van der Waals surface area (Å²) in [5.41, 5.74) is 0.724. The summed E-state index contributed by atoms with van der Waals surface area (Å²) in [5, 5.41) is 3.61. The third-order valence-electron chi connectivity index (χ3n) is 5.76. The SMILES string of the molecule is CCCNC(=O)[C@H](C)N(Cc1ccccc1Cl)C(=O)CN(c1cc(Cl)cc(Cl)c1)S(=O)(=O)c1ccccc1. The molecule has 2 amide bonds. The first-order valence-corrected chi connectivity index (χ1v) is 14.5. The fourth-order valence-electron chi connectivity index (χ4n) is 3.72. The first-order chi connectivity index (χ1) is 18.0. The molecule has 3 aromatic rings. The summed E-state index contributed by atoms with van der Waals surface area (Å²) < 4.78 is 28.4. The Morgan fingerprint density at radius 3 is 2.13 bits per heavy atom. The number of benzene rings is 3. The number of carbonyl (C=O) groups is 2. The molecule has 0 spiro atoms. The molecule has 1 N–H and O–H groups in total. The van der Waals surface area contributed by atoms with Crippen molar-refractivity contribution < 1.29 is 18.0 Å². The van der Waals surface area contributed by atoms with Crippen LogP contribution in [0.5, 0.6) is 0 Å². The number of hydrogen-bond acceptors (Lipinski definition) is 4. The number of sulfonamides is 1. The summed E-state index contributed by atoms with van der Waals surface area (Å²) in [4.78, 5) is 28.0. The number of halogens is 3. The van der Waals surface area contributed by atoms with Crippen LogP contribution in [-0.2, 0) is 26.2 Å². The molecule has 1 atom stereocenters. The number of rotatable bonds is 11. The first kappa shape index (κ1) is 29.8. The van der Waals surface area contributed by atoms with Crippen LogP contribution in [0.15, 0.2) is 77.7 Å². The third kappa shape index (κ3) is 7.41. The average Bonchev–Trinajstić information content (AvgIpc) is 2.89. The van der Waals surface area contributed by atoms with Gasteiger partial charge >= 0.3 is 0 Å². The highest BCUT2D eigenvalue weighted by Crippen LogP contribution is 2.30. The number of amides is 2. The zero-order valence-corrected chi connectivity index (χ0v) is 24.0. The molecule has 0 radical (unpaired) electrons. The van der Waals surface area contributed by atoms with Crippen LogP contribution in [-0.4, -0.2) is 44.3 Å². The molecule has 7 nitrogen and oxygen atoms in total. The fourth-order valence-corrected chi connectivity index (χ4v) is 5.85. The minimum atomic E-state index is -4.22. The maximum Gasteiger partial charge on any atom is 0.264 e. The summed E-state index contributed by atoms with van der Waals surface area (Å²) in [6, 6.07) is 18.1. The van der Waals surface area contributed by atoms with Gasteiger partial charge in [0.15, 0.2) is 0 Å². The van der Waals surface area contributed by atoms with Gasteiger partial charge in [0.1, 0.15) is 12.6 Å². The molecule has 0 aromatic heterocycles. The van der Waals surface area contributed by atoms with E-state index in [0.29, 0.717) is 17.1 Å². The van der Waals surface area contributed by atoms with Gasteiger partial charge in [-0.05, 0) is 55.3 Å². The Hall–Kier alpha value is -2.78. The maximum absolute atomic E-state index is 13.8. The second-order valence-electron chi connectivity index (χ2n) is 8.53. The van der Waals surface area contributed by atoms with Gasteiger partial charge < -0.3 is 10.2 Å². The van der Waals surface area contributed by atoms with Gasteiger partial charge in [-0.3, -0.25) is 13.9 Å². The zero-order chi connectivity index (χ0) is 27.9. The van der Waals surface area contributed by atoms with Crippen molar-refractivity contribution in [3.8, 4) is 0 Å². The summed E-state index contributed by atoms with van der Waals surface area (Å²) in [7, 11) is -4.22. The third-order valence-corrected chi connectivity index (χ3v) is 8.35. The molecule has 38 heavy (non-hydrogen) atoms. The van der Waals surface area contributed by atoms with Crippen LogP contribution in [0.2, 0.25) is 15.1 Å². The van der Waals surface area contributed by atoms with E-state index < -0.39 is 28.5 Å². The second-order valence-corrected chi connectivity index (χ2v) is 11.7. The molecule has 0 bridgehead atoms. The molecule has 0 fully saturated rings. The van der Waals surface area contributed by atoms with Crippen molar-refractivity contribution in [3.63, 3.8) is 0 Å². The van der Waals surface area contributed by atoms with Gasteiger partial charge in [0.05, 0.1) is 10.6 Å². The number of anilines is 1. The average molecular weight is 597 g/mol. The van der Waals surface area contributed by atoms with E-state index in [1.54, 1.807) is 49.4 Å². The van der Waals surface area contributed by atoms with E-state index >= 15 is 0 Å². The van der Waals surface area contributed by atoms with Gasteiger partial charge in [-0.25, -0.2) is 8.42 Å². The smallest absolute Gasteiger partial charge is 0.264 e. The van der Waals surface area contributed by atoms with Gasteiger partial charge in [0.25, 0.3) is 10.0 Å². The van der Waals surface area contributed by atoms with Gasteiger partial charge in [0, 0.05) is 28.2 Å². The van der Waals surface area contributed by atoms with Crippen molar-refractivity contribution in [2.75, 3.05) is 17.4 Å². The molecule has 0 saturated carbocycles. The standard InChI is InChI=1S/C27H28Cl3N3O4S/c1-3-13-31-27(35)19(2)32(17-20-9-7-8-12-25(20)30)26(34)18-33(23-15-21(28)14-22(29)16-23)38(36,37)24-10-5-4-6-11-24/h4-12,14-16,19H,3,13,17-18H2,1-2H3,(H,31,35)/t19-/m0/s1. The minimum absolute atomic E-state index is 0.00521. The lowest BCUT2D eigenvalue weighted by atomic mass is 10.1. The number of hydrogen-bond donors (Lipinski definition) is 1. The Bertz CT molecular complexity index is 1370. The topological polar surface area (TPSA) is 86.8 Å². The first-order valence-electron chi connectivity index (χ1n) is 11.9. The molecule has 0 unspecified atom stereocenters. The Morgan fingerprint density at radius 1 is 0.921 bits per heavy atom. The lowest BCUT2D eigenvalue weighted by Gasteiger charge is -2.32. The fraction of sp³-hybridized carbons (Fsp3) is 0.259. The molecule has 3 rings (SSSR count). The summed E-state index contributed by atoms with van der Waals surface area (Å²) in [6.45, 7) is 3.33. The molecular weight excluding hydrogens is 569 g/mol. The highest BCUT2D eigenvalue weighted by Gasteiger charge is 2.33. The van der Waals surface area contributed by atoms with Crippen LogP contribution in [0, 0.1) is 0 Å². The van der Waals surface area contributed by atoms with Crippen LogP contribution in [0.4, 0.5) is 5.69 Å². The van der Waals surface area contributed by atoms with Crippen LogP contribution < -0.4 is 9.62 Å². The van der Waals surface area contributed by atoms with Crippen molar-refractivity contribution in [1.29, 1.82) is 0 Å². The van der Waals surface area contributed by atoms with E-state index in [-0.39, 0.29) is 33.1 Å². The predicted molar refractivity (Wildman–Crippen MR) is 152 cm³/mol. The number of carbonyl (C=O) groups excluding carboxylic acids is 2. The van der Waals surface area contributed by atoms with E-state index in [1.165, 1.54) is 35.2 Å². The van der Waals surface area contributed by atoms with Crippen LogP contribution >= 0.6 is 34.8 Å². The highest BCUT2D eigenvalue weighted by atomic mass is 35.5.